The van der Waals surface area contributed by atoms with Crippen LogP contribution in [0, 0.1) is 6.92 Å². The lowest BCUT2D eigenvalue weighted by Gasteiger charge is -2.42. The molecule has 1 fully saturated rings. The van der Waals surface area contributed by atoms with Crippen molar-refractivity contribution in [2.45, 2.75) is 31.4 Å². The molecule has 1 atom stereocenters. The van der Waals surface area contributed by atoms with Crippen LogP contribution in [0.2, 0.25) is 0 Å². The summed E-state index contributed by atoms with van der Waals surface area (Å²) in [6, 6.07) is 1.73. The van der Waals surface area contributed by atoms with Gasteiger partial charge in [0.1, 0.15) is 5.82 Å². The third kappa shape index (κ3) is 2.57. The number of pyridine rings is 1. The fourth-order valence-electron chi connectivity index (χ4n) is 2.79. The van der Waals surface area contributed by atoms with Crippen LogP contribution in [0.4, 0.5) is 5.82 Å². The first-order valence-electron chi connectivity index (χ1n) is 6.44. The third-order valence-corrected chi connectivity index (χ3v) is 3.97. The van der Waals surface area contributed by atoms with Crippen molar-refractivity contribution in [2.24, 2.45) is 5.84 Å². The molecule has 0 aromatic carbocycles. The van der Waals surface area contributed by atoms with Gasteiger partial charge in [-0.15, -0.1) is 0 Å². The van der Waals surface area contributed by atoms with Gasteiger partial charge in [-0.3, -0.25) is 5.84 Å². The van der Waals surface area contributed by atoms with Gasteiger partial charge in [0.05, 0.1) is 11.6 Å². The number of nitrogens with zero attached hydrogens (tertiary/aromatic N) is 1. The Hall–Kier alpha value is -1.21. The van der Waals surface area contributed by atoms with E-state index in [9.17, 15) is 0 Å². The molecule has 0 bridgehead atoms. The van der Waals surface area contributed by atoms with E-state index in [0.717, 1.165) is 24.0 Å². The molecule has 0 saturated carbocycles. The Balaban J connectivity index is 2.43. The molecule has 0 amide bonds. The number of nitrogens with two attached hydrogens (primary N) is 2. The Morgan fingerprint density at radius 2 is 2.16 bits per heavy atom. The molecule has 0 aliphatic carbocycles. The SMILES string of the molecule is COC1(C(NN)c2c(C)ccnc2N)CCOCC1. The minimum Gasteiger partial charge on any atom is -0.383 e. The van der Waals surface area contributed by atoms with Crippen molar-refractivity contribution in [3.8, 4) is 0 Å². The molecule has 1 aromatic rings. The summed E-state index contributed by atoms with van der Waals surface area (Å²) in [6.07, 6.45) is 3.24. The number of aryl methyl sites for hydroxylation is 1. The van der Waals surface area contributed by atoms with Crippen molar-refractivity contribution >= 4 is 5.82 Å². The van der Waals surface area contributed by atoms with Crippen LogP contribution in [0.3, 0.4) is 0 Å². The number of hydrogen-bond donors (Lipinski definition) is 3. The number of nitrogen functional groups attached to an aromatic ring is 1. The summed E-state index contributed by atoms with van der Waals surface area (Å²) in [6.45, 7) is 3.32. The quantitative estimate of drug-likeness (QED) is 0.547. The molecule has 106 valence electrons. The fraction of sp³-hybridized carbons (Fsp3) is 0.615. The molecule has 1 unspecified atom stereocenters. The van der Waals surface area contributed by atoms with E-state index in [1.54, 1.807) is 13.3 Å². The lowest BCUT2D eigenvalue weighted by atomic mass is 9.81. The van der Waals surface area contributed by atoms with Crippen molar-refractivity contribution in [2.75, 3.05) is 26.1 Å². The number of rotatable bonds is 4. The van der Waals surface area contributed by atoms with Crippen molar-refractivity contribution in [1.29, 1.82) is 0 Å². The minimum absolute atomic E-state index is 0.199. The van der Waals surface area contributed by atoms with Crippen LogP contribution in [0.25, 0.3) is 0 Å². The summed E-state index contributed by atoms with van der Waals surface area (Å²) in [7, 11) is 1.71. The number of anilines is 1. The number of ether oxygens (including phenoxy) is 2. The molecular weight excluding hydrogens is 244 g/mol. The van der Waals surface area contributed by atoms with Crippen LogP contribution in [-0.2, 0) is 9.47 Å². The minimum atomic E-state index is -0.408. The van der Waals surface area contributed by atoms with Gasteiger partial charge in [0, 0.05) is 44.9 Å². The second-order valence-electron chi connectivity index (χ2n) is 4.91. The van der Waals surface area contributed by atoms with Crippen molar-refractivity contribution < 1.29 is 9.47 Å². The predicted molar refractivity (Wildman–Crippen MR) is 73.2 cm³/mol. The van der Waals surface area contributed by atoms with Crippen molar-refractivity contribution in [3.63, 3.8) is 0 Å². The summed E-state index contributed by atoms with van der Waals surface area (Å²) < 4.78 is 11.2. The van der Waals surface area contributed by atoms with Crippen LogP contribution >= 0.6 is 0 Å². The maximum absolute atomic E-state index is 6.02. The van der Waals surface area contributed by atoms with E-state index in [1.807, 2.05) is 13.0 Å². The summed E-state index contributed by atoms with van der Waals surface area (Å²) in [5, 5.41) is 0. The highest BCUT2D eigenvalue weighted by molar-refractivity contribution is 5.47. The average Bonchev–Trinajstić information content (AvgIpc) is 2.44. The van der Waals surface area contributed by atoms with Gasteiger partial charge in [0.15, 0.2) is 0 Å². The second-order valence-corrected chi connectivity index (χ2v) is 4.91. The van der Waals surface area contributed by atoms with Crippen molar-refractivity contribution in [1.82, 2.24) is 10.4 Å². The first-order chi connectivity index (χ1) is 9.14. The molecule has 1 saturated heterocycles. The number of methoxy groups -OCH3 is 1. The first-order valence-corrected chi connectivity index (χ1v) is 6.44. The van der Waals surface area contributed by atoms with Gasteiger partial charge >= 0.3 is 0 Å². The zero-order chi connectivity index (χ0) is 13.9. The van der Waals surface area contributed by atoms with E-state index in [-0.39, 0.29) is 6.04 Å². The number of hydrogen-bond acceptors (Lipinski definition) is 6. The first kappa shape index (κ1) is 14.2. The number of nitrogens with one attached hydrogen (secondary N) is 1. The van der Waals surface area contributed by atoms with E-state index >= 15 is 0 Å². The van der Waals surface area contributed by atoms with Crippen LogP contribution in [0.15, 0.2) is 12.3 Å². The summed E-state index contributed by atoms with van der Waals surface area (Å²) in [5.74, 6) is 6.27. The van der Waals surface area contributed by atoms with Crippen LogP contribution in [0.5, 0.6) is 0 Å². The molecule has 2 rings (SSSR count). The third-order valence-electron chi connectivity index (χ3n) is 3.97. The molecule has 6 heteroatoms. The maximum atomic E-state index is 6.02. The van der Waals surface area contributed by atoms with Crippen LogP contribution < -0.4 is 17.0 Å². The Kier molecular flexibility index (Phi) is 4.36. The van der Waals surface area contributed by atoms with Gasteiger partial charge in [-0.1, -0.05) is 0 Å². The molecule has 1 aliphatic heterocycles. The van der Waals surface area contributed by atoms with E-state index in [2.05, 4.69) is 10.4 Å². The molecule has 5 N–H and O–H groups in total. The summed E-state index contributed by atoms with van der Waals surface area (Å²) >= 11 is 0. The topological polar surface area (TPSA) is 95.4 Å². The smallest absolute Gasteiger partial charge is 0.128 e. The lowest BCUT2D eigenvalue weighted by Crippen LogP contribution is -2.51. The normalized spacial score (nSPS) is 20.2. The van der Waals surface area contributed by atoms with E-state index in [1.165, 1.54) is 0 Å². The average molecular weight is 266 g/mol. The van der Waals surface area contributed by atoms with E-state index in [4.69, 9.17) is 21.1 Å². The maximum Gasteiger partial charge on any atom is 0.128 e. The zero-order valence-corrected chi connectivity index (χ0v) is 11.5. The van der Waals surface area contributed by atoms with Gasteiger partial charge in [-0.2, -0.15) is 0 Å². The van der Waals surface area contributed by atoms with Gasteiger partial charge in [0.25, 0.3) is 0 Å². The summed E-state index contributed by atoms with van der Waals surface area (Å²) in [4.78, 5) is 4.16. The molecule has 0 radical (unpaired) electrons. The van der Waals surface area contributed by atoms with Crippen LogP contribution in [0.1, 0.15) is 30.0 Å². The fourth-order valence-corrected chi connectivity index (χ4v) is 2.79. The highest BCUT2D eigenvalue weighted by Crippen LogP contribution is 2.39. The standard InChI is InChI=1S/C13H22N4O2/c1-9-3-6-16-12(14)10(9)11(17-15)13(18-2)4-7-19-8-5-13/h3,6,11,17H,4-5,7-8,15H2,1-2H3,(H2,14,16). The lowest BCUT2D eigenvalue weighted by molar-refractivity contribution is -0.111. The molecule has 1 aromatic heterocycles. The van der Waals surface area contributed by atoms with E-state index < -0.39 is 5.60 Å². The molecule has 19 heavy (non-hydrogen) atoms. The predicted octanol–water partition coefficient (Wildman–Crippen LogP) is 0.672. The van der Waals surface area contributed by atoms with Crippen LogP contribution in [-0.4, -0.2) is 30.9 Å². The Morgan fingerprint density at radius 3 is 2.68 bits per heavy atom. The molecule has 0 spiro atoms. The Labute approximate surface area is 113 Å². The summed E-state index contributed by atoms with van der Waals surface area (Å²) in [5.41, 5.74) is 10.4. The molecule has 6 nitrogen and oxygen atoms in total. The Morgan fingerprint density at radius 1 is 1.47 bits per heavy atom. The van der Waals surface area contributed by atoms with Gasteiger partial charge in [-0.05, 0) is 18.6 Å². The largest absolute Gasteiger partial charge is 0.383 e. The van der Waals surface area contributed by atoms with Gasteiger partial charge in [0.2, 0.25) is 0 Å². The second kappa shape index (κ2) is 5.83. The highest BCUT2D eigenvalue weighted by Gasteiger charge is 2.42. The van der Waals surface area contributed by atoms with Gasteiger partial charge in [-0.25, -0.2) is 10.4 Å². The number of hydrazine groups is 1. The zero-order valence-electron chi connectivity index (χ0n) is 11.5. The highest BCUT2D eigenvalue weighted by atomic mass is 16.5. The number of aromatic nitrogens is 1. The van der Waals surface area contributed by atoms with Crippen molar-refractivity contribution in [3.05, 3.63) is 23.4 Å². The molecular formula is C13H22N4O2. The van der Waals surface area contributed by atoms with Gasteiger partial charge < -0.3 is 15.2 Å². The van der Waals surface area contributed by atoms with E-state index in [0.29, 0.717) is 19.0 Å². The molecule has 1 aliphatic rings. The molecule has 2 heterocycles. The Bertz CT molecular complexity index is 412. The monoisotopic (exact) mass is 266 g/mol.